The van der Waals surface area contributed by atoms with Crippen LogP contribution in [0.4, 0.5) is 5.69 Å². The first-order valence-electron chi connectivity index (χ1n) is 6.32. The monoisotopic (exact) mass is 235 g/mol. The molecular formula is C14H21NO2. The minimum atomic E-state index is 0.648. The van der Waals surface area contributed by atoms with Gasteiger partial charge in [-0.05, 0) is 25.5 Å². The number of ether oxygens (including phenoxy) is 2. The standard InChI is InChI=1S/C14H21NO2/c1-3-17-14-7-5-4-6-13(14)15(2)10-12-8-9-16-11-12/h4-7,12H,3,8-11H2,1-2H3/t12-/m1/s1. The van der Waals surface area contributed by atoms with Gasteiger partial charge in [0.05, 0.1) is 18.9 Å². The highest BCUT2D eigenvalue weighted by molar-refractivity contribution is 5.57. The van der Waals surface area contributed by atoms with Gasteiger partial charge in [0.15, 0.2) is 0 Å². The van der Waals surface area contributed by atoms with Gasteiger partial charge >= 0.3 is 0 Å². The predicted octanol–water partition coefficient (Wildman–Crippen LogP) is 2.56. The first-order valence-corrected chi connectivity index (χ1v) is 6.32. The highest BCUT2D eigenvalue weighted by Crippen LogP contribution is 2.28. The molecule has 0 saturated carbocycles. The lowest BCUT2D eigenvalue weighted by Crippen LogP contribution is -2.26. The molecule has 1 aliphatic heterocycles. The third kappa shape index (κ3) is 3.13. The van der Waals surface area contributed by atoms with Gasteiger partial charge in [-0.1, -0.05) is 12.1 Å². The van der Waals surface area contributed by atoms with Crippen LogP contribution in [0.5, 0.6) is 5.75 Å². The molecule has 1 saturated heterocycles. The van der Waals surface area contributed by atoms with Gasteiger partial charge in [-0.3, -0.25) is 0 Å². The summed E-state index contributed by atoms with van der Waals surface area (Å²) in [5.74, 6) is 1.62. The van der Waals surface area contributed by atoms with E-state index in [0.717, 1.165) is 25.5 Å². The van der Waals surface area contributed by atoms with Crippen molar-refractivity contribution in [3.05, 3.63) is 24.3 Å². The Bertz CT molecular complexity index is 348. The van der Waals surface area contributed by atoms with Gasteiger partial charge < -0.3 is 14.4 Å². The lowest BCUT2D eigenvalue weighted by Gasteiger charge is -2.24. The molecule has 0 unspecified atom stereocenters. The summed E-state index contributed by atoms with van der Waals surface area (Å²) >= 11 is 0. The lowest BCUT2D eigenvalue weighted by atomic mass is 10.1. The van der Waals surface area contributed by atoms with Gasteiger partial charge in [-0.25, -0.2) is 0 Å². The van der Waals surface area contributed by atoms with Crippen molar-refractivity contribution < 1.29 is 9.47 Å². The van der Waals surface area contributed by atoms with Gasteiger partial charge in [0.25, 0.3) is 0 Å². The Morgan fingerprint density at radius 3 is 2.94 bits per heavy atom. The van der Waals surface area contributed by atoms with Crippen LogP contribution < -0.4 is 9.64 Å². The highest BCUT2D eigenvalue weighted by Gasteiger charge is 2.18. The molecular weight excluding hydrogens is 214 g/mol. The smallest absolute Gasteiger partial charge is 0.142 e. The molecule has 1 aliphatic rings. The summed E-state index contributed by atoms with van der Waals surface area (Å²) in [6, 6.07) is 8.21. The third-order valence-electron chi connectivity index (χ3n) is 3.13. The number of hydrogen-bond donors (Lipinski definition) is 0. The molecule has 0 amide bonds. The van der Waals surface area contributed by atoms with Crippen molar-refractivity contribution >= 4 is 5.69 Å². The fourth-order valence-corrected chi connectivity index (χ4v) is 2.26. The summed E-state index contributed by atoms with van der Waals surface area (Å²) in [5.41, 5.74) is 1.17. The van der Waals surface area contributed by atoms with Crippen LogP contribution in [-0.4, -0.2) is 33.4 Å². The van der Waals surface area contributed by atoms with Crippen molar-refractivity contribution in [2.24, 2.45) is 5.92 Å². The molecule has 94 valence electrons. The van der Waals surface area contributed by atoms with Crippen molar-refractivity contribution in [3.63, 3.8) is 0 Å². The Morgan fingerprint density at radius 2 is 2.24 bits per heavy atom. The molecule has 0 N–H and O–H groups in total. The van der Waals surface area contributed by atoms with Gasteiger partial charge in [0.1, 0.15) is 5.75 Å². The van der Waals surface area contributed by atoms with Gasteiger partial charge in [-0.15, -0.1) is 0 Å². The summed E-state index contributed by atoms with van der Waals surface area (Å²) in [7, 11) is 2.12. The lowest BCUT2D eigenvalue weighted by molar-refractivity contribution is 0.186. The van der Waals surface area contributed by atoms with Crippen molar-refractivity contribution in [2.75, 3.05) is 38.3 Å². The van der Waals surface area contributed by atoms with E-state index in [9.17, 15) is 0 Å². The Morgan fingerprint density at radius 1 is 1.41 bits per heavy atom. The van der Waals surface area contributed by atoms with Crippen molar-refractivity contribution in [2.45, 2.75) is 13.3 Å². The fraction of sp³-hybridized carbons (Fsp3) is 0.571. The van der Waals surface area contributed by atoms with E-state index in [1.807, 2.05) is 19.1 Å². The van der Waals surface area contributed by atoms with Gasteiger partial charge in [0, 0.05) is 26.1 Å². The minimum absolute atomic E-state index is 0.648. The topological polar surface area (TPSA) is 21.7 Å². The second-order valence-electron chi connectivity index (χ2n) is 4.51. The molecule has 2 rings (SSSR count). The van der Waals surface area contributed by atoms with Crippen LogP contribution in [0.25, 0.3) is 0 Å². The van der Waals surface area contributed by atoms with Crippen LogP contribution in [0.15, 0.2) is 24.3 Å². The summed E-state index contributed by atoms with van der Waals surface area (Å²) in [4.78, 5) is 2.27. The molecule has 0 bridgehead atoms. The van der Waals surface area contributed by atoms with Crippen LogP contribution in [0.2, 0.25) is 0 Å². The Kier molecular flexibility index (Phi) is 4.26. The summed E-state index contributed by atoms with van der Waals surface area (Å²) in [6.07, 6.45) is 1.17. The third-order valence-corrected chi connectivity index (χ3v) is 3.13. The predicted molar refractivity (Wildman–Crippen MR) is 69.8 cm³/mol. The average Bonchev–Trinajstić information content (AvgIpc) is 2.83. The maximum absolute atomic E-state index is 5.65. The first kappa shape index (κ1) is 12.2. The van der Waals surface area contributed by atoms with Crippen molar-refractivity contribution in [1.29, 1.82) is 0 Å². The quantitative estimate of drug-likeness (QED) is 0.783. The zero-order valence-corrected chi connectivity index (χ0v) is 10.7. The van der Waals surface area contributed by atoms with E-state index in [1.54, 1.807) is 0 Å². The zero-order valence-electron chi connectivity index (χ0n) is 10.7. The molecule has 17 heavy (non-hydrogen) atoms. The van der Waals surface area contributed by atoms with Crippen LogP contribution in [0, 0.1) is 5.92 Å². The van der Waals surface area contributed by atoms with E-state index < -0.39 is 0 Å². The Labute approximate surface area is 103 Å². The second-order valence-corrected chi connectivity index (χ2v) is 4.51. The molecule has 1 aromatic carbocycles. The fourth-order valence-electron chi connectivity index (χ4n) is 2.26. The Hall–Kier alpha value is -1.22. The van der Waals surface area contributed by atoms with E-state index in [2.05, 4.69) is 24.1 Å². The SMILES string of the molecule is CCOc1ccccc1N(C)C[C@H]1CCOC1. The summed E-state index contributed by atoms with van der Waals surface area (Å²) in [6.45, 7) is 5.55. The maximum atomic E-state index is 5.65. The molecule has 0 radical (unpaired) electrons. The van der Waals surface area contributed by atoms with Crippen molar-refractivity contribution in [3.8, 4) is 5.75 Å². The average molecular weight is 235 g/mol. The molecule has 1 atom stereocenters. The van der Waals surface area contributed by atoms with Crippen LogP contribution >= 0.6 is 0 Å². The molecule has 3 heteroatoms. The van der Waals surface area contributed by atoms with Gasteiger partial charge in [-0.2, -0.15) is 0 Å². The number of rotatable bonds is 5. The highest BCUT2D eigenvalue weighted by atomic mass is 16.5. The molecule has 0 aliphatic carbocycles. The molecule has 0 aromatic heterocycles. The number of benzene rings is 1. The van der Waals surface area contributed by atoms with E-state index in [1.165, 1.54) is 12.1 Å². The van der Waals surface area contributed by atoms with E-state index >= 15 is 0 Å². The largest absolute Gasteiger partial charge is 0.492 e. The van der Waals surface area contributed by atoms with Gasteiger partial charge in [0.2, 0.25) is 0 Å². The number of anilines is 1. The van der Waals surface area contributed by atoms with E-state index in [-0.39, 0.29) is 0 Å². The van der Waals surface area contributed by atoms with Crippen LogP contribution in [-0.2, 0) is 4.74 Å². The van der Waals surface area contributed by atoms with E-state index in [0.29, 0.717) is 12.5 Å². The number of nitrogens with zero attached hydrogens (tertiary/aromatic N) is 1. The molecule has 0 spiro atoms. The summed E-state index contributed by atoms with van der Waals surface area (Å²) < 4.78 is 11.1. The number of para-hydroxylation sites is 2. The zero-order chi connectivity index (χ0) is 12.1. The second kappa shape index (κ2) is 5.92. The van der Waals surface area contributed by atoms with Crippen LogP contribution in [0.3, 0.4) is 0 Å². The van der Waals surface area contributed by atoms with Crippen molar-refractivity contribution in [1.82, 2.24) is 0 Å². The minimum Gasteiger partial charge on any atom is -0.492 e. The molecule has 1 aromatic rings. The number of hydrogen-bond acceptors (Lipinski definition) is 3. The maximum Gasteiger partial charge on any atom is 0.142 e. The molecule has 1 fully saturated rings. The summed E-state index contributed by atoms with van der Waals surface area (Å²) in [5, 5.41) is 0. The molecule has 3 nitrogen and oxygen atoms in total. The molecule has 1 heterocycles. The Balaban J connectivity index is 2.03. The van der Waals surface area contributed by atoms with E-state index in [4.69, 9.17) is 9.47 Å². The normalized spacial score (nSPS) is 19.3. The van der Waals surface area contributed by atoms with Crippen LogP contribution in [0.1, 0.15) is 13.3 Å². The first-order chi connectivity index (χ1) is 8.31.